The van der Waals surface area contributed by atoms with Crippen LogP contribution in [0.1, 0.15) is 33.3 Å². The van der Waals surface area contributed by atoms with E-state index in [-0.39, 0.29) is 5.78 Å². The van der Waals surface area contributed by atoms with E-state index in [2.05, 4.69) is 4.98 Å². The first-order chi connectivity index (χ1) is 5.65. The van der Waals surface area contributed by atoms with Gasteiger partial charge in [-0.3, -0.25) is 14.6 Å². The largest absolute Gasteiger partial charge is 0.298 e. The minimum absolute atomic E-state index is 0.0875. The summed E-state index contributed by atoms with van der Waals surface area (Å²) in [6.07, 6.45) is 2.14. The van der Waals surface area contributed by atoms with Crippen molar-refractivity contribution in [1.29, 1.82) is 0 Å². The molecule has 0 N–H and O–H groups in total. The zero-order valence-corrected chi connectivity index (χ0v) is 7.00. The summed E-state index contributed by atoms with van der Waals surface area (Å²) in [5, 5.41) is 0. The molecule has 0 aliphatic carbocycles. The highest BCUT2D eigenvalue weighted by Gasteiger charge is 2.03. The number of carbonyl (C=O) groups is 2. The van der Waals surface area contributed by atoms with Crippen molar-refractivity contribution in [3.63, 3.8) is 0 Å². The minimum atomic E-state index is -0.0875. The SMILES string of the molecule is CC(=O)c1cc(C)c(C=O)cn1. The van der Waals surface area contributed by atoms with Crippen molar-refractivity contribution in [2.24, 2.45) is 0 Å². The van der Waals surface area contributed by atoms with Crippen LogP contribution in [0, 0.1) is 6.92 Å². The smallest absolute Gasteiger partial charge is 0.178 e. The molecule has 0 amide bonds. The van der Waals surface area contributed by atoms with E-state index in [9.17, 15) is 9.59 Å². The molecule has 0 spiro atoms. The second-order valence-electron chi connectivity index (χ2n) is 2.60. The molecule has 0 fully saturated rings. The molecule has 0 bridgehead atoms. The second kappa shape index (κ2) is 3.26. The molecule has 0 aliphatic rings. The summed E-state index contributed by atoms with van der Waals surface area (Å²) in [4.78, 5) is 25.1. The average molecular weight is 163 g/mol. The van der Waals surface area contributed by atoms with Crippen LogP contribution in [0.5, 0.6) is 0 Å². The monoisotopic (exact) mass is 163 g/mol. The van der Waals surface area contributed by atoms with Crippen LogP contribution < -0.4 is 0 Å². The topological polar surface area (TPSA) is 47.0 Å². The lowest BCUT2D eigenvalue weighted by molar-refractivity contribution is 0.101. The van der Waals surface area contributed by atoms with E-state index >= 15 is 0 Å². The number of hydrogen-bond acceptors (Lipinski definition) is 3. The van der Waals surface area contributed by atoms with Crippen molar-refractivity contribution < 1.29 is 9.59 Å². The zero-order chi connectivity index (χ0) is 9.14. The Kier molecular flexibility index (Phi) is 2.33. The van der Waals surface area contributed by atoms with Gasteiger partial charge in [-0.2, -0.15) is 0 Å². The average Bonchev–Trinajstić information content (AvgIpc) is 2.04. The first kappa shape index (κ1) is 8.59. The molecule has 1 aromatic rings. The van der Waals surface area contributed by atoms with E-state index in [1.54, 1.807) is 13.0 Å². The first-order valence-electron chi connectivity index (χ1n) is 3.58. The molecule has 1 heterocycles. The van der Waals surface area contributed by atoms with Crippen molar-refractivity contribution in [3.05, 3.63) is 29.1 Å². The maximum atomic E-state index is 10.8. The van der Waals surface area contributed by atoms with Gasteiger partial charge in [-0.25, -0.2) is 0 Å². The molecule has 1 aromatic heterocycles. The number of rotatable bonds is 2. The predicted octanol–water partition coefficient (Wildman–Crippen LogP) is 1.41. The number of nitrogens with zero attached hydrogens (tertiary/aromatic N) is 1. The van der Waals surface area contributed by atoms with Crippen molar-refractivity contribution in [3.8, 4) is 0 Å². The first-order valence-corrected chi connectivity index (χ1v) is 3.58. The molecule has 0 radical (unpaired) electrons. The Bertz CT molecular complexity index is 331. The molecule has 3 nitrogen and oxygen atoms in total. The van der Waals surface area contributed by atoms with Crippen LogP contribution in [-0.4, -0.2) is 17.1 Å². The second-order valence-corrected chi connectivity index (χ2v) is 2.60. The van der Waals surface area contributed by atoms with Crippen LogP contribution in [0.3, 0.4) is 0 Å². The fraction of sp³-hybridized carbons (Fsp3) is 0.222. The van der Waals surface area contributed by atoms with Gasteiger partial charge in [0, 0.05) is 18.7 Å². The maximum absolute atomic E-state index is 10.8. The van der Waals surface area contributed by atoms with Crippen molar-refractivity contribution >= 4 is 12.1 Å². The summed E-state index contributed by atoms with van der Waals surface area (Å²) >= 11 is 0. The number of aromatic nitrogens is 1. The molecule has 0 unspecified atom stereocenters. The molecular formula is C9H9NO2. The molecule has 0 saturated carbocycles. The van der Waals surface area contributed by atoms with Crippen LogP contribution in [0.15, 0.2) is 12.3 Å². The lowest BCUT2D eigenvalue weighted by Crippen LogP contribution is -1.99. The van der Waals surface area contributed by atoms with Crippen molar-refractivity contribution in [2.45, 2.75) is 13.8 Å². The molecule has 0 atom stereocenters. The van der Waals surface area contributed by atoms with Crippen molar-refractivity contribution in [1.82, 2.24) is 4.98 Å². The van der Waals surface area contributed by atoms with Gasteiger partial charge >= 0.3 is 0 Å². The van der Waals surface area contributed by atoms with Gasteiger partial charge in [-0.05, 0) is 18.6 Å². The number of ketones is 1. The lowest BCUT2D eigenvalue weighted by atomic mass is 10.1. The Hall–Kier alpha value is -1.51. The number of Topliss-reactive ketones (excluding diaryl/α,β-unsaturated/α-hetero) is 1. The van der Waals surface area contributed by atoms with E-state index in [0.717, 1.165) is 11.8 Å². The molecule has 0 aromatic carbocycles. The number of carbonyl (C=O) groups excluding carboxylic acids is 2. The van der Waals surface area contributed by atoms with E-state index in [0.29, 0.717) is 11.3 Å². The number of aldehydes is 1. The van der Waals surface area contributed by atoms with Gasteiger partial charge in [0.25, 0.3) is 0 Å². The predicted molar refractivity (Wildman–Crippen MR) is 44.4 cm³/mol. The van der Waals surface area contributed by atoms with E-state index in [4.69, 9.17) is 0 Å². The number of pyridine rings is 1. The molecule has 0 aliphatic heterocycles. The van der Waals surface area contributed by atoms with E-state index < -0.39 is 0 Å². The molecule has 0 saturated heterocycles. The normalized spacial score (nSPS) is 9.50. The highest BCUT2D eigenvalue weighted by atomic mass is 16.1. The summed E-state index contributed by atoms with van der Waals surface area (Å²) in [7, 11) is 0. The zero-order valence-electron chi connectivity index (χ0n) is 7.00. The maximum Gasteiger partial charge on any atom is 0.178 e. The summed E-state index contributed by atoms with van der Waals surface area (Å²) < 4.78 is 0. The van der Waals surface area contributed by atoms with Gasteiger partial charge in [0.1, 0.15) is 5.69 Å². The third-order valence-electron chi connectivity index (χ3n) is 1.64. The molecule has 12 heavy (non-hydrogen) atoms. The highest BCUT2D eigenvalue weighted by molar-refractivity contribution is 5.92. The lowest BCUT2D eigenvalue weighted by Gasteiger charge is -1.98. The van der Waals surface area contributed by atoms with Crippen molar-refractivity contribution in [2.75, 3.05) is 0 Å². The van der Waals surface area contributed by atoms with Gasteiger partial charge in [-0.15, -0.1) is 0 Å². The standard InChI is InChI=1S/C9H9NO2/c1-6-3-9(7(2)12)10-4-8(6)5-11/h3-5H,1-2H3. The van der Waals surface area contributed by atoms with Gasteiger partial charge in [-0.1, -0.05) is 0 Å². The van der Waals surface area contributed by atoms with Crippen LogP contribution in [0.2, 0.25) is 0 Å². The quantitative estimate of drug-likeness (QED) is 0.489. The summed E-state index contributed by atoms with van der Waals surface area (Å²) in [6.45, 7) is 3.22. The third kappa shape index (κ3) is 1.56. The number of hydrogen-bond donors (Lipinski definition) is 0. The Morgan fingerprint density at radius 2 is 2.25 bits per heavy atom. The third-order valence-corrected chi connectivity index (χ3v) is 1.64. The van der Waals surface area contributed by atoms with Crippen LogP contribution >= 0.6 is 0 Å². The van der Waals surface area contributed by atoms with Gasteiger partial charge in [0.15, 0.2) is 12.1 Å². The van der Waals surface area contributed by atoms with Crippen LogP contribution in [-0.2, 0) is 0 Å². The molecule has 3 heteroatoms. The summed E-state index contributed by atoms with van der Waals surface area (Å²) in [5.41, 5.74) is 1.71. The van der Waals surface area contributed by atoms with Crippen LogP contribution in [0.25, 0.3) is 0 Å². The molecular weight excluding hydrogens is 154 g/mol. The Morgan fingerprint density at radius 3 is 2.67 bits per heavy atom. The molecule has 1 rings (SSSR count). The van der Waals surface area contributed by atoms with E-state index in [1.165, 1.54) is 13.1 Å². The Morgan fingerprint density at radius 1 is 1.58 bits per heavy atom. The fourth-order valence-corrected chi connectivity index (χ4v) is 0.882. The van der Waals surface area contributed by atoms with Gasteiger partial charge < -0.3 is 0 Å². The summed E-state index contributed by atoms with van der Waals surface area (Å²) in [6, 6.07) is 1.62. The molecule has 62 valence electrons. The summed E-state index contributed by atoms with van der Waals surface area (Å²) in [5.74, 6) is -0.0875. The Balaban J connectivity index is 3.18. The van der Waals surface area contributed by atoms with Crippen LogP contribution in [0.4, 0.5) is 0 Å². The minimum Gasteiger partial charge on any atom is -0.298 e. The fourth-order valence-electron chi connectivity index (χ4n) is 0.882. The van der Waals surface area contributed by atoms with Gasteiger partial charge in [0.05, 0.1) is 0 Å². The van der Waals surface area contributed by atoms with E-state index in [1.807, 2.05) is 0 Å². The Labute approximate surface area is 70.4 Å². The number of aryl methyl sites for hydroxylation is 1. The van der Waals surface area contributed by atoms with Gasteiger partial charge in [0.2, 0.25) is 0 Å². The highest BCUT2D eigenvalue weighted by Crippen LogP contribution is 2.05.